The minimum atomic E-state index is -0.789. The quantitative estimate of drug-likeness (QED) is 0.581. The average Bonchev–Trinajstić information content (AvgIpc) is 2.56. The van der Waals surface area contributed by atoms with Crippen molar-refractivity contribution < 1.29 is 23.9 Å². The fraction of sp³-hybridized carbons (Fsp3) is 0.375. The first-order valence-electron chi connectivity index (χ1n) is 7.55. The van der Waals surface area contributed by atoms with Crippen LogP contribution < -0.4 is 16.0 Å². The lowest BCUT2D eigenvalue weighted by atomic mass is 10.2. The molecule has 0 fully saturated rings. The van der Waals surface area contributed by atoms with E-state index in [4.69, 9.17) is 0 Å². The van der Waals surface area contributed by atoms with Gasteiger partial charge in [0.25, 0.3) is 11.8 Å². The van der Waals surface area contributed by atoms with Crippen LogP contribution in [0, 0.1) is 5.92 Å². The molecule has 0 radical (unpaired) electrons. The zero-order chi connectivity index (χ0) is 18.8. The monoisotopic (exact) mass is 413 g/mol. The summed E-state index contributed by atoms with van der Waals surface area (Å²) in [4.78, 5) is 46.1. The van der Waals surface area contributed by atoms with Crippen molar-refractivity contribution >= 4 is 39.7 Å². The molecule has 25 heavy (non-hydrogen) atoms. The molecule has 0 atom stereocenters. The van der Waals surface area contributed by atoms with E-state index in [9.17, 15) is 19.2 Å². The Bertz CT molecular complexity index is 631. The summed E-state index contributed by atoms with van der Waals surface area (Å²) in [7, 11) is 0. The molecule has 8 nitrogen and oxygen atoms in total. The second-order valence-corrected chi connectivity index (χ2v) is 6.42. The molecule has 0 saturated heterocycles. The molecule has 0 heterocycles. The Labute approximate surface area is 153 Å². The van der Waals surface area contributed by atoms with Crippen molar-refractivity contribution in [3.05, 3.63) is 34.3 Å². The van der Waals surface area contributed by atoms with Gasteiger partial charge in [0.15, 0.2) is 6.61 Å². The molecule has 4 amide bonds. The van der Waals surface area contributed by atoms with E-state index in [0.717, 1.165) is 4.47 Å². The first-order chi connectivity index (χ1) is 11.8. The summed E-state index contributed by atoms with van der Waals surface area (Å²) in [5.41, 5.74) is 0.385. The van der Waals surface area contributed by atoms with Gasteiger partial charge in [0.1, 0.15) is 6.54 Å². The van der Waals surface area contributed by atoms with E-state index in [2.05, 4.69) is 31.3 Å². The van der Waals surface area contributed by atoms with Gasteiger partial charge in [-0.3, -0.25) is 19.7 Å². The number of halogens is 1. The number of ether oxygens (including phenoxy) is 1. The van der Waals surface area contributed by atoms with Crippen LogP contribution in [0.2, 0.25) is 0 Å². The molecule has 1 aromatic rings. The Morgan fingerprint density at radius 2 is 1.72 bits per heavy atom. The fourth-order valence-electron chi connectivity index (χ4n) is 1.56. The molecule has 0 spiro atoms. The number of amides is 4. The van der Waals surface area contributed by atoms with Gasteiger partial charge in [0.2, 0.25) is 0 Å². The van der Waals surface area contributed by atoms with Gasteiger partial charge >= 0.3 is 12.0 Å². The molecule has 1 rings (SSSR count). The highest BCUT2D eigenvalue weighted by Gasteiger charge is 2.12. The standard InChI is InChI=1S/C16H20BrN3O5/c1-10(2)7-19-16(24)20-13(21)9-25-14(22)8-18-15(23)11-3-5-12(17)6-4-11/h3-6,10H,7-9H2,1-2H3,(H,18,23)(H2,19,20,21,24). The number of carbonyl (C=O) groups is 4. The minimum Gasteiger partial charge on any atom is -0.454 e. The Kier molecular flexibility index (Phi) is 8.62. The molecule has 1 aromatic carbocycles. The maximum atomic E-state index is 11.8. The van der Waals surface area contributed by atoms with Crippen molar-refractivity contribution in [3.8, 4) is 0 Å². The molecule has 0 unspecified atom stereocenters. The maximum Gasteiger partial charge on any atom is 0.325 e. The highest BCUT2D eigenvalue weighted by atomic mass is 79.9. The first kappa shape index (κ1) is 20.6. The van der Waals surface area contributed by atoms with Crippen molar-refractivity contribution in [2.45, 2.75) is 13.8 Å². The Morgan fingerprint density at radius 1 is 1.08 bits per heavy atom. The number of esters is 1. The van der Waals surface area contributed by atoms with Crippen molar-refractivity contribution in [2.75, 3.05) is 19.7 Å². The molecule has 0 saturated carbocycles. The highest BCUT2D eigenvalue weighted by Crippen LogP contribution is 2.10. The van der Waals surface area contributed by atoms with E-state index in [1.54, 1.807) is 24.3 Å². The predicted octanol–water partition coefficient (Wildman–Crippen LogP) is 1.20. The SMILES string of the molecule is CC(C)CNC(=O)NC(=O)COC(=O)CNC(=O)c1ccc(Br)cc1. The van der Waals surface area contributed by atoms with Gasteiger partial charge in [-0.05, 0) is 30.2 Å². The van der Waals surface area contributed by atoms with E-state index in [1.165, 1.54) is 0 Å². The van der Waals surface area contributed by atoms with Crippen LogP contribution in [0.3, 0.4) is 0 Å². The van der Waals surface area contributed by atoms with Gasteiger partial charge in [0.05, 0.1) is 0 Å². The first-order valence-corrected chi connectivity index (χ1v) is 8.34. The highest BCUT2D eigenvalue weighted by molar-refractivity contribution is 9.10. The van der Waals surface area contributed by atoms with Crippen LogP contribution in [0.4, 0.5) is 4.79 Å². The lowest BCUT2D eigenvalue weighted by molar-refractivity contribution is -0.147. The van der Waals surface area contributed by atoms with Crippen LogP contribution in [-0.2, 0) is 14.3 Å². The third kappa shape index (κ3) is 8.85. The largest absolute Gasteiger partial charge is 0.454 e. The number of imide groups is 1. The van der Waals surface area contributed by atoms with Crippen LogP contribution in [0.15, 0.2) is 28.7 Å². The van der Waals surface area contributed by atoms with Crippen molar-refractivity contribution in [1.29, 1.82) is 0 Å². The zero-order valence-corrected chi connectivity index (χ0v) is 15.5. The van der Waals surface area contributed by atoms with Crippen LogP contribution in [0.25, 0.3) is 0 Å². The molecular weight excluding hydrogens is 394 g/mol. The van der Waals surface area contributed by atoms with Gasteiger partial charge in [-0.2, -0.15) is 0 Å². The maximum absolute atomic E-state index is 11.8. The molecule has 0 aliphatic rings. The number of carbonyl (C=O) groups excluding carboxylic acids is 4. The van der Waals surface area contributed by atoms with E-state index in [1.807, 2.05) is 19.2 Å². The molecule has 0 aromatic heterocycles. The van der Waals surface area contributed by atoms with E-state index in [-0.39, 0.29) is 12.5 Å². The number of nitrogens with one attached hydrogen (secondary N) is 3. The van der Waals surface area contributed by atoms with Crippen LogP contribution in [0.1, 0.15) is 24.2 Å². The lowest BCUT2D eigenvalue weighted by Gasteiger charge is -2.09. The molecule has 136 valence electrons. The second kappa shape index (κ2) is 10.4. The van der Waals surface area contributed by atoms with Gasteiger partial charge in [-0.1, -0.05) is 29.8 Å². The Morgan fingerprint density at radius 3 is 2.32 bits per heavy atom. The third-order valence-electron chi connectivity index (χ3n) is 2.79. The molecular formula is C16H20BrN3O5. The Balaban J connectivity index is 2.25. The summed E-state index contributed by atoms with van der Waals surface area (Å²) in [5.74, 6) is -1.74. The minimum absolute atomic E-state index is 0.244. The summed E-state index contributed by atoms with van der Waals surface area (Å²) in [6.07, 6.45) is 0. The average molecular weight is 414 g/mol. The van der Waals surface area contributed by atoms with Crippen molar-refractivity contribution in [2.24, 2.45) is 5.92 Å². The number of hydrogen-bond donors (Lipinski definition) is 3. The van der Waals surface area contributed by atoms with Crippen LogP contribution in [0.5, 0.6) is 0 Å². The number of hydrogen-bond acceptors (Lipinski definition) is 5. The normalized spacial score (nSPS) is 10.1. The molecule has 3 N–H and O–H groups in total. The van der Waals surface area contributed by atoms with E-state index in [0.29, 0.717) is 12.1 Å². The van der Waals surface area contributed by atoms with Crippen LogP contribution in [-0.4, -0.2) is 43.5 Å². The van der Waals surface area contributed by atoms with Crippen LogP contribution >= 0.6 is 15.9 Å². The summed E-state index contributed by atoms with van der Waals surface area (Å²) < 4.78 is 5.51. The topological polar surface area (TPSA) is 114 Å². The second-order valence-electron chi connectivity index (χ2n) is 5.50. The number of urea groups is 1. The summed E-state index contributed by atoms with van der Waals surface area (Å²) in [5, 5.41) is 6.90. The number of rotatable bonds is 7. The van der Waals surface area contributed by atoms with E-state index < -0.39 is 30.4 Å². The molecule has 0 bridgehead atoms. The molecule has 0 aliphatic heterocycles. The predicted molar refractivity (Wildman–Crippen MR) is 93.8 cm³/mol. The van der Waals surface area contributed by atoms with Gasteiger partial charge in [-0.15, -0.1) is 0 Å². The summed E-state index contributed by atoms with van der Waals surface area (Å²) in [6.45, 7) is 3.24. The lowest BCUT2D eigenvalue weighted by Crippen LogP contribution is -2.43. The number of benzene rings is 1. The zero-order valence-electron chi connectivity index (χ0n) is 13.9. The summed E-state index contributed by atoms with van der Waals surface area (Å²) >= 11 is 3.25. The van der Waals surface area contributed by atoms with E-state index >= 15 is 0 Å². The fourth-order valence-corrected chi connectivity index (χ4v) is 1.82. The van der Waals surface area contributed by atoms with Gasteiger partial charge in [0, 0.05) is 16.6 Å². The van der Waals surface area contributed by atoms with Gasteiger partial charge < -0.3 is 15.4 Å². The van der Waals surface area contributed by atoms with Crippen molar-refractivity contribution in [1.82, 2.24) is 16.0 Å². The van der Waals surface area contributed by atoms with Gasteiger partial charge in [-0.25, -0.2) is 4.79 Å². The third-order valence-corrected chi connectivity index (χ3v) is 3.32. The molecule has 0 aliphatic carbocycles. The summed E-state index contributed by atoms with van der Waals surface area (Å²) in [6, 6.07) is 5.92. The molecule has 9 heteroatoms. The smallest absolute Gasteiger partial charge is 0.325 e. The Hall–Kier alpha value is -2.42. The van der Waals surface area contributed by atoms with Crippen molar-refractivity contribution in [3.63, 3.8) is 0 Å².